The lowest BCUT2D eigenvalue weighted by molar-refractivity contribution is -0.139. The first-order valence-electron chi connectivity index (χ1n) is 9.23. The van der Waals surface area contributed by atoms with Crippen LogP contribution in [-0.2, 0) is 14.3 Å². The second kappa shape index (κ2) is 9.85. The van der Waals surface area contributed by atoms with Gasteiger partial charge in [0.2, 0.25) is 0 Å². The molecule has 2 aromatic carbocycles. The third kappa shape index (κ3) is 5.64. The van der Waals surface area contributed by atoms with E-state index in [1.807, 2.05) is 60.7 Å². The van der Waals surface area contributed by atoms with E-state index in [9.17, 15) is 9.59 Å². The van der Waals surface area contributed by atoms with E-state index in [4.69, 9.17) is 4.74 Å². The number of ether oxygens (including phenoxy) is 1. The summed E-state index contributed by atoms with van der Waals surface area (Å²) in [5.41, 5.74) is 1.86. The molecule has 2 N–H and O–H groups in total. The highest BCUT2D eigenvalue weighted by atomic mass is 16.5. The Morgan fingerprint density at radius 2 is 1.44 bits per heavy atom. The first-order chi connectivity index (χ1) is 13.2. The van der Waals surface area contributed by atoms with Gasteiger partial charge in [-0.05, 0) is 11.1 Å². The van der Waals surface area contributed by atoms with Gasteiger partial charge >= 0.3 is 11.8 Å². The number of hydrogen-bond donors (Lipinski definition) is 2. The van der Waals surface area contributed by atoms with Crippen molar-refractivity contribution in [1.29, 1.82) is 0 Å². The molecule has 1 saturated heterocycles. The lowest BCUT2D eigenvalue weighted by Crippen LogP contribution is -2.45. The minimum absolute atomic E-state index is 0.370. The summed E-state index contributed by atoms with van der Waals surface area (Å²) in [6.07, 6.45) is 0. The standard InChI is InChI=1S/C21H25N3O3/c25-20(22-11-12-24-13-15-27-16-14-24)21(26)23-19(17-7-3-1-4-8-17)18-9-5-2-6-10-18/h1-10,19H,11-16H2,(H,22,25)(H,23,26). The molecule has 1 heterocycles. The van der Waals surface area contributed by atoms with E-state index in [0.29, 0.717) is 26.3 Å². The summed E-state index contributed by atoms with van der Waals surface area (Å²) in [6.45, 7) is 4.28. The maximum atomic E-state index is 12.4. The molecule has 27 heavy (non-hydrogen) atoms. The summed E-state index contributed by atoms with van der Waals surface area (Å²) in [7, 11) is 0. The van der Waals surface area contributed by atoms with Crippen molar-refractivity contribution in [1.82, 2.24) is 15.5 Å². The molecule has 0 atom stereocenters. The van der Waals surface area contributed by atoms with E-state index < -0.39 is 11.8 Å². The number of benzene rings is 2. The van der Waals surface area contributed by atoms with E-state index in [2.05, 4.69) is 15.5 Å². The molecule has 1 aliphatic rings. The van der Waals surface area contributed by atoms with Gasteiger partial charge in [0.15, 0.2) is 0 Å². The van der Waals surface area contributed by atoms with E-state index in [-0.39, 0.29) is 6.04 Å². The smallest absolute Gasteiger partial charge is 0.310 e. The van der Waals surface area contributed by atoms with Crippen LogP contribution in [0.4, 0.5) is 0 Å². The maximum Gasteiger partial charge on any atom is 0.310 e. The summed E-state index contributed by atoms with van der Waals surface area (Å²) in [4.78, 5) is 26.8. The molecule has 0 aromatic heterocycles. The van der Waals surface area contributed by atoms with Crippen LogP contribution >= 0.6 is 0 Å². The zero-order valence-corrected chi connectivity index (χ0v) is 15.3. The summed E-state index contributed by atoms with van der Waals surface area (Å²) in [5, 5.41) is 5.56. The summed E-state index contributed by atoms with van der Waals surface area (Å²) >= 11 is 0. The first kappa shape index (κ1) is 19.1. The Morgan fingerprint density at radius 1 is 0.889 bits per heavy atom. The van der Waals surface area contributed by atoms with E-state index >= 15 is 0 Å². The third-order valence-electron chi connectivity index (χ3n) is 4.56. The zero-order chi connectivity index (χ0) is 18.9. The fourth-order valence-corrected chi connectivity index (χ4v) is 3.08. The molecule has 0 saturated carbocycles. The largest absolute Gasteiger partial charge is 0.379 e. The van der Waals surface area contributed by atoms with Gasteiger partial charge in [0.1, 0.15) is 0 Å². The van der Waals surface area contributed by atoms with Crippen molar-refractivity contribution in [2.75, 3.05) is 39.4 Å². The van der Waals surface area contributed by atoms with Crippen molar-refractivity contribution < 1.29 is 14.3 Å². The average Bonchev–Trinajstić information content (AvgIpc) is 2.74. The van der Waals surface area contributed by atoms with Gasteiger partial charge in [-0.3, -0.25) is 14.5 Å². The SMILES string of the molecule is O=C(NCCN1CCOCC1)C(=O)NC(c1ccccc1)c1ccccc1. The molecule has 1 fully saturated rings. The number of rotatable bonds is 6. The Labute approximate surface area is 159 Å². The number of carbonyl (C=O) groups excluding carboxylic acids is 2. The van der Waals surface area contributed by atoms with E-state index in [0.717, 1.165) is 24.2 Å². The fourth-order valence-electron chi connectivity index (χ4n) is 3.08. The molecule has 2 amide bonds. The van der Waals surface area contributed by atoms with Crippen molar-refractivity contribution in [3.63, 3.8) is 0 Å². The number of amides is 2. The molecule has 3 rings (SSSR count). The Balaban J connectivity index is 1.58. The average molecular weight is 367 g/mol. The molecular formula is C21H25N3O3. The zero-order valence-electron chi connectivity index (χ0n) is 15.3. The molecule has 142 valence electrons. The van der Waals surface area contributed by atoms with Crippen molar-refractivity contribution in [2.24, 2.45) is 0 Å². The van der Waals surface area contributed by atoms with Crippen LogP contribution in [-0.4, -0.2) is 56.1 Å². The Hall–Kier alpha value is -2.70. The van der Waals surface area contributed by atoms with Gasteiger partial charge in [-0.25, -0.2) is 0 Å². The second-order valence-corrected chi connectivity index (χ2v) is 6.44. The van der Waals surface area contributed by atoms with Crippen LogP contribution in [0, 0.1) is 0 Å². The molecule has 0 spiro atoms. The first-order valence-corrected chi connectivity index (χ1v) is 9.23. The molecule has 6 nitrogen and oxygen atoms in total. The number of nitrogens with zero attached hydrogens (tertiary/aromatic N) is 1. The van der Waals surface area contributed by atoms with Crippen LogP contribution in [0.15, 0.2) is 60.7 Å². The lowest BCUT2D eigenvalue weighted by Gasteiger charge is -2.26. The number of carbonyl (C=O) groups is 2. The van der Waals surface area contributed by atoms with Gasteiger partial charge < -0.3 is 15.4 Å². The van der Waals surface area contributed by atoms with Crippen LogP contribution in [0.25, 0.3) is 0 Å². The van der Waals surface area contributed by atoms with Gasteiger partial charge in [-0.1, -0.05) is 60.7 Å². The van der Waals surface area contributed by atoms with Gasteiger partial charge in [0, 0.05) is 26.2 Å². The highest BCUT2D eigenvalue weighted by Crippen LogP contribution is 2.21. The van der Waals surface area contributed by atoms with Crippen LogP contribution in [0.5, 0.6) is 0 Å². The number of hydrogen-bond acceptors (Lipinski definition) is 4. The Bertz CT molecular complexity index is 691. The van der Waals surface area contributed by atoms with Crippen LogP contribution in [0.3, 0.4) is 0 Å². The summed E-state index contributed by atoms with van der Waals surface area (Å²) in [6, 6.07) is 18.9. The molecular weight excluding hydrogens is 342 g/mol. The van der Waals surface area contributed by atoms with E-state index in [1.165, 1.54) is 0 Å². The predicted octanol–water partition coefficient (Wildman–Crippen LogP) is 1.34. The molecule has 0 aliphatic carbocycles. The molecule has 1 aliphatic heterocycles. The normalized spacial score (nSPS) is 14.7. The maximum absolute atomic E-state index is 12.4. The van der Waals surface area contributed by atoms with Crippen LogP contribution in [0.2, 0.25) is 0 Å². The molecule has 0 unspecified atom stereocenters. The van der Waals surface area contributed by atoms with Gasteiger partial charge in [-0.15, -0.1) is 0 Å². The summed E-state index contributed by atoms with van der Waals surface area (Å²) in [5.74, 6) is -1.24. The van der Waals surface area contributed by atoms with E-state index in [1.54, 1.807) is 0 Å². The lowest BCUT2D eigenvalue weighted by atomic mass is 9.99. The molecule has 0 bridgehead atoms. The molecule has 6 heteroatoms. The van der Waals surface area contributed by atoms with Crippen molar-refractivity contribution >= 4 is 11.8 Å². The fraction of sp³-hybridized carbons (Fsp3) is 0.333. The Morgan fingerprint density at radius 3 is 2.00 bits per heavy atom. The van der Waals surface area contributed by atoms with Crippen LogP contribution in [0.1, 0.15) is 17.2 Å². The van der Waals surface area contributed by atoms with Gasteiger partial charge in [-0.2, -0.15) is 0 Å². The third-order valence-corrected chi connectivity index (χ3v) is 4.56. The quantitative estimate of drug-likeness (QED) is 0.756. The minimum Gasteiger partial charge on any atom is -0.379 e. The topological polar surface area (TPSA) is 70.7 Å². The highest BCUT2D eigenvalue weighted by molar-refractivity contribution is 6.35. The highest BCUT2D eigenvalue weighted by Gasteiger charge is 2.21. The predicted molar refractivity (Wildman–Crippen MR) is 103 cm³/mol. The van der Waals surface area contributed by atoms with Gasteiger partial charge in [0.25, 0.3) is 0 Å². The summed E-state index contributed by atoms with van der Waals surface area (Å²) < 4.78 is 5.30. The van der Waals surface area contributed by atoms with Gasteiger partial charge in [0.05, 0.1) is 19.3 Å². The number of nitrogens with one attached hydrogen (secondary N) is 2. The molecule has 2 aromatic rings. The number of morpholine rings is 1. The second-order valence-electron chi connectivity index (χ2n) is 6.44. The van der Waals surface area contributed by atoms with Crippen molar-refractivity contribution in [3.05, 3.63) is 71.8 Å². The van der Waals surface area contributed by atoms with Crippen molar-refractivity contribution in [2.45, 2.75) is 6.04 Å². The minimum atomic E-state index is -0.630. The molecule has 0 radical (unpaired) electrons. The van der Waals surface area contributed by atoms with Crippen molar-refractivity contribution in [3.8, 4) is 0 Å². The Kier molecular flexibility index (Phi) is 6.96. The van der Waals surface area contributed by atoms with Crippen LogP contribution < -0.4 is 10.6 Å². The monoisotopic (exact) mass is 367 g/mol.